The Morgan fingerprint density at radius 3 is 1.84 bits per heavy atom. The minimum absolute atomic E-state index is 0.147. The summed E-state index contributed by atoms with van der Waals surface area (Å²) >= 11 is 12.4. The van der Waals surface area contributed by atoms with E-state index in [-0.39, 0.29) is 5.92 Å². The molecule has 6 heteroatoms. The van der Waals surface area contributed by atoms with Crippen LogP contribution in [-0.4, -0.2) is 19.9 Å². The minimum atomic E-state index is -0.147. The van der Waals surface area contributed by atoms with E-state index in [0.717, 1.165) is 11.4 Å². The highest BCUT2D eigenvalue weighted by Gasteiger charge is 2.25. The molecule has 0 spiro atoms. The highest BCUT2D eigenvalue weighted by molar-refractivity contribution is 6.34. The molecule has 0 aliphatic heterocycles. The van der Waals surface area contributed by atoms with Gasteiger partial charge in [0.1, 0.15) is 16.6 Å². The van der Waals surface area contributed by atoms with Crippen molar-refractivity contribution < 1.29 is 0 Å². The Morgan fingerprint density at radius 2 is 1.42 bits per heavy atom. The Balaban J connectivity index is 2.21. The van der Waals surface area contributed by atoms with Gasteiger partial charge in [0.15, 0.2) is 0 Å². The van der Waals surface area contributed by atoms with Crippen molar-refractivity contribution in [1.82, 2.24) is 19.9 Å². The van der Waals surface area contributed by atoms with E-state index in [1.54, 1.807) is 0 Å². The molecule has 0 aliphatic carbocycles. The molecule has 0 unspecified atom stereocenters. The van der Waals surface area contributed by atoms with Gasteiger partial charge < -0.3 is 9.97 Å². The number of halogens is 2. The van der Waals surface area contributed by atoms with Crippen molar-refractivity contribution >= 4 is 23.2 Å². The molecule has 0 amide bonds. The fraction of sp³-hybridized carbons (Fsp3) is 0.0769. The lowest BCUT2D eigenvalue weighted by Crippen LogP contribution is -2.07. The maximum absolute atomic E-state index is 6.19. The zero-order valence-corrected chi connectivity index (χ0v) is 11.3. The van der Waals surface area contributed by atoms with E-state index in [0.29, 0.717) is 15.9 Å². The monoisotopic (exact) mass is 292 g/mol. The molecule has 3 rings (SSSR count). The molecule has 4 nitrogen and oxygen atoms in total. The van der Waals surface area contributed by atoms with E-state index >= 15 is 0 Å². The average Bonchev–Trinajstić information content (AvgIpc) is 3.07. The number of aromatic nitrogens is 4. The second-order valence-corrected chi connectivity index (χ2v) is 4.77. The van der Waals surface area contributed by atoms with E-state index in [9.17, 15) is 0 Å². The average molecular weight is 293 g/mol. The Bertz CT molecular complexity index is 608. The Kier molecular flexibility index (Phi) is 3.27. The number of rotatable bonds is 3. The first-order valence-electron chi connectivity index (χ1n) is 5.70. The number of nitrogens with one attached hydrogen (secondary N) is 2. The van der Waals surface area contributed by atoms with Crippen LogP contribution in [0.4, 0.5) is 0 Å². The molecule has 96 valence electrons. The van der Waals surface area contributed by atoms with Crippen molar-refractivity contribution in [2.24, 2.45) is 0 Å². The Hall–Kier alpha value is -1.78. The van der Waals surface area contributed by atoms with Gasteiger partial charge in [0.05, 0.1) is 5.92 Å². The maximum Gasteiger partial charge on any atom is 0.138 e. The molecule has 0 saturated carbocycles. The summed E-state index contributed by atoms with van der Waals surface area (Å²) in [6, 6.07) is 7.81. The van der Waals surface area contributed by atoms with Gasteiger partial charge in [-0.2, -0.15) is 0 Å². The first-order chi connectivity index (χ1) is 9.27. The van der Waals surface area contributed by atoms with Crippen LogP contribution in [0.1, 0.15) is 22.9 Å². The largest absolute Gasteiger partial charge is 0.364 e. The predicted molar refractivity (Wildman–Crippen MR) is 74.6 cm³/mol. The molecular formula is C13H10Cl2N4. The standard InChI is InChI=1S/C13H10Cl2N4/c14-12-11(13(15)19-7-18-12)10(8-3-1-5-16-8)9-4-2-6-17-9/h1-7,10,16-17H. The molecular weight excluding hydrogens is 283 g/mol. The van der Waals surface area contributed by atoms with Crippen LogP contribution in [0.3, 0.4) is 0 Å². The topological polar surface area (TPSA) is 57.4 Å². The van der Waals surface area contributed by atoms with E-state index in [2.05, 4.69) is 19.9 Å². The molecule has 0 bridgehead atoms. The summed E-state index contributed by atoms with van der Waals surface area (Å²) in [7, 11) is 0. The zero-order chi connectivity index (χ0) is 13.2. The predicted octanol–water partition coefficient (Wildman–Crippen LogP) is 3.62. The summed E-state index contributed by atoms with van der Waals surface area (Å²) in [6.07, 6.45) is 5.07. The summed E-state index contributed by atoms with van der Waals surface area (Å²) in [5.74, 6) is -0.147. The molecule has 0 aliphatic rings. The SMILES string of the molecule is Clc1ncnc(Cl)c1C(c1ccc[nH]1)c1ccc[nH]1. The fourth-order valence-corrected chi connectivity index (χ4v) is 2.65. The number of H-pyrrole nitrogens is 2. The molecule has 0 saturated heterocycles. The van der Waals surface area contributed by atoms with Crippen molar-refractivity contribution in [3.05, 3.63) is 70.2 Å². The van der Waals surface area contributed by atoms with Gasteiger partial charge in [-0.05, 0) is 24.3 Å². The van der Waals surface area contributed by atoms with Gasteiger partial charge in [-0.15, -0.1) is 0 Å². The van der Waals surface area contributed by atoms with E-state index in [1.807, 2.05) is 36.7 Å². The minimum Gasteiger partial charge on any atom is -0.364 e. The van der Waals surface area contributed by atoms with Crippen LogP contribution in [-0.2, 0) is 0 Å². The number of hydrogen-bond acceptors (Lipinski definition) is 2. The third-order valence-corrected chi connectivity index (χ3v) is 3.54. The van der Waals surface area contributed by atoms with Gasteiger partial charge >= 0.3 is 0 Å². The second-order valence-electron chi connectivity index (χ2n) is 4.05. The molecule has 3 aromatic heterocycles. The third kappa shape index (κ3) is 2.25. The molecule has 2 N–H and O–H groups in total. The van der Waals surface area contributed by atoms with E-state index in [4.69, 9.17) is 23.2 Å². The summed E-state index contributed by atoms with van der Waals surface area (Å²) in [6.45, 7) is 0. The van der Waals surface area contributed by atoms with Crippen LogP contribution >= 0.6 is 23.2 Å². The van der Waals surface area contributed by atoms with Crippen LogP contribution in [0.25, 0.3) is 0 Å². The lowest BCUT2D eigenvalue weighted by molar-refractivity contribution is 0.878. The molecule has 0 fully saturated rings. The molecule has 3 heterocycles. The smallest absolute Gasteiger partial charge is 0.138 e. The van der Waals surface area contributed by atoms with E-state index in [1.165, 1.54) is 6.33 Å². The van der Waals surface area contributed by atoms with Crippen molar-refractivity contribution in [2.45, 2.75) is 5.92 Å². The van der Waals surface area contributed by atoms with Crippen LogP contribution in [0.5, 0.6) is 0 Å². The van der Waals surface area contributed by atoms with Crippen molar-refractivity contribution in [3.8, 4) is 0 Å². The normalized spacial score (nSPS) is 11.1. The molecule has 0 atom stereocenters. The van der Waals surface area contributed by atoms with Crippen LogP contribution in [0, 0.1) is 0 Å². The fourth-order valence-electron chi connectivity index (χ4n) is 2.12. The van der Waals surface area contributed by atoms with Gasteiger partial charge in [0.25, 0.3) is 0 Å². The lowest BCUT2D eigenvalue weighted by atomic mass is 9.95. The number of nitrogens with zero attached hydrogens (tertiary/aromatic N) is 2. The highest BCUT2D eigenvalue weighted by atomic mass is 35.5. The van der Waals surface area contributed by atoms with Gasteiger partial charge in [-0.25, -0.2) is 9.97 Å². The second kappa shape index (κ2) is 5.07. The molecule has 0 radical (unpaired) electrons. The first kappa shape index (κ1) is 12.3. The van der Waals surface area contributed by atoms with Crippen molar-refractivity contribution in [2.75, 3.05) is 0 Å². The van der Waals surface area contributed by atoms with Gasteiger partial charge in [-0.3, -0.25) is 0 Å². The van der Waals surface area contributed by atoms with Crippen molar-refractivity contribution in [1.29, 1.82) is 0 Å². The van der Waals surface area contributed by atoms with Crippen LogP contribution in [0.2, 0.25) is 10.3 Å². The maximum atomic E-state index is 6.19. The van der Waals surface area contributed by atoms with Gasteiger partial charge in [0, 0.05) is 29.3 Å². The highest BCUT2D eigenvalue weighted by Crippen LogP contribution is 2.36. The Morgan fingerprint density at radius 1 is 0.895 bits per heavy atom. The first-order valence-corrected chi connectivity index (χ1v) is 6.45. The lowest BCUT2D eigenvalue weighted by Gasteiger charge is -2.16. The Labute approximate surface area is 119 Å². The zero-order valence-electron chi connectivity index (χ0n) is 9.77. The van der Waals surface area contributed by atoms with Crippen LogP contribution < -0.4 is 0 Å². The summed E-state index contributed by atoms with van der Waals surface area (Å²) < 4.78 is 0. The summed E-state index contributed by atoms with van der Waals surface area (Å²) in [5.41, 5.74) is 2.64. The van der Waals surface area contributed by atoms with Gasteiger partial charge in [-0.1, -0.05) is 23.2 Å². The number of aromatic amines is 2. The van der Waals surface area contributed by atoms with Crippen molar-refractivity contribution in [3.63, 3.8) is 0 Å². The summed E-state index contributed by atoms with van der Waals surface area (Å²) in [5, 5.41) is 0.711. The van der Waals surface area contributed by atoms with E-state index < -0.39 is 0 Å². The van der Waals surface area contributed by atoms with Gasteiger partial charge in [0.2, 0.25) is 0 Å². The van der Waals surface area contributed by atoms with Crippen LogP contribution in [0.15, 0.2) is 43.0 Å². The third-order valence-electron chi connectivity index (χ3n) is 2.94. The molecule has 19 heavy (non-hydrogen) atoms. The molecule has 3 aromatic rings. The molecule has 0 aromatic carbocycles. The number of hydrogen-bond donors (Lipinski definition) is 2. The summed E-state index contributed by atoms with van der Waals surface area (Å²) in [4.78, 5) is 14.4. The quantitative estimate of drug-likeness (QED) is 0.725.